The van der Waals surface area contributed by atoms with Crippen LogP contribution >= 0.6 is 0 Å². The third kappa shape index (κ3) is 1.96. The number of unbranched alkanes of at least 4 members (excludes halogenated alkanes) is 1. The Hall–Kier alpha value is -0.0800. The van der Waals surface area contributed by atoms with Gasteiger partial charge < -0.3 is 10.5 Å². The Kier molecular flexibility index (Phi) is 3.16. The van der Waals surface area contributed by atoms with E-state index < -0.39 is 0 Å². The molecule has 1 aliphatic rings. The van der Waals surface area contributed by atoms with E-state index in [0.717, 1.165) is 13.0 Å². The molecule has 1 saturated carbocycles. The predicted octanol–water partition coefficient (Wildman–Crippen LogP) is 1.29. The van der Waals surface area contributed by atoms with Crippen LogP contribution in [0, 0.1) is 0 Å². The lowest BCUT2D eigenvalue weighted by Crippen LogP contribution is -2.45. The Balaban J connectivity index is 1.92. The van der Waals surface area contributed by atoms with Crippen LogP contribution in [0.1, 0.15) is 32.6 Å². The van der Waals surface area contributed by atoms with E-state index in [9.17, 15) is 0 Å². The molecule has 2 heteroatoms. The second kappa shape index (κ2) is 3.94. The van der Waals surface area contributed by atoms with Crippen molar-refractivity contribution in [2.45, 2.75) is 44.8 Å². The van der Waals surface area contributed by atoms with Gasteiger partial charge in [-0.05, 0) is 19.3 Å². The predicted molar refractivity (Wildman–Crippen MR) is 41.9 cm³/mol. The first kappa shape index (κ1) is 8.02. The summed E-state index contributed by atoms with van der Waals surface area (Å²) in [6.07, 6.45) is 5.08. The van der Waals surface area contributed by atoms with Crippen molar-refractivity contribution in [1.82, 2.24) is 0 Å². The smallest absolute Gasteiger partial charge is 0.0726 e. The van der Waals surface area contributed by atoms with Gasteiger partial charge >= 0.3 is 0 Å². The Morgan fingerprint density at radius 2 is 2.30 bits per heavy atom. The normalized spacial score (nSPS) is 31.8. The zero-order chi connectivity index (χ0) is 7.40. The monoisotopic (exact) mass is 143 g/mol. The molecule has 1 rings (SSSR count). The minimum atomic E-state index is 0.330. The average molecular weight is 143 g/mol. The van der Waals surface area contributed by atoms with E-state index in [2.05, 4.69) is 6.92 Å². The van der Waals surface area contributed by atoms with Crippen molar-refractivity contribution < 1.29 is 4.74 Å². The molecular weight excluding hydrogens is 126 g/mol. The number of rotatable bonds is 4. The summed E-state index contributed by atoms with van der Waals surface area (Å²) in [5, 5.41) is 0. The first-order chi connectivity index (χ1) is 4.84. The van der Waals surface area contributed by atoms with E-state index >= 15 is 0 Å². The number of hydrogen-bond donors (Lipinski definition) is 1. The van der Waals surface area contributed by atoms with Crippen LogP contribution in [0.25, 0.3) is 0 Å². The molecule has 0 saturated heterocycles. The fourth-order valence-electron chi connectivity index (χ4n) is 1.08. The third-order valence-corrected chi connectivity index (χ3v) is 2.09. The maximum atomic E-state index is 5.68. The molecule has 60 valence electrons. The van der Waals surface area contributed by atoms with Gasteiger partial charge in [-0.15, -0.1) is 0 Å². The van der Waals surface area contributed by atoms with Crippen molar-refractivity contribution in [2.75, 3.05) is 6.61 Å². The summed E-state index contributed by atoms with van der Waals surface area (Å²) in [7, 11) is 0. The van der Waals surface area contributed by atoms with Crippen LogP contribution in [0.2, 0.25) is 0 Å². The lowest BCUT2D eigenvalue weighted by Gasteiger charge is -2.33. The average Bonchev–Trinajstić information content (AvgIpc) is 1.95. The number of ether oxygens (including phenoxy) is 1. The summed E-state index contributed by atoms with van der Waals surface area (Å²) in [6, 6.07) is 0.330. The molecule has 10 heavy (non-hydrogen) atoms. The van der Waals surface area contributed by atoms with E-state index in [4.69, 9.17) is 10.5 Å². The molecule has 0 spiro atoms. The Bertz CT molecular complexity index is 95.3. The number of hydrogen-bond acceptors (Lipinski definition) is 2. The molecule has 0 aromatic carbocycles. The highest BCUT2D eigenvalue weighted by Crippen LogP contribution is 2.21. The van der Waals surface area contributed by atoms with Crippen molar-refractivity contribution in [3.63, 3.8) is 0 Å². The molecule has 0 radical (unpaired) electrons. The molecule has 0 heterocycles. The minimum Gasteiger partial charge on any atom is -0.377 e. The van der Waals surface area contributed by atoms with Crippen molar-refractivity contribution >= 4 is 0 Å². The van der Waals surface area contributed by atoms with Gasteiger partial charge in [-0.3, -0.25) is 0 Å². The lowest BCUT2D eigenvalue weighted by molar-refractivity contribution is -0.0152. The molecule has 2 N–H and O–H groups in total. The van der Waals surface area contributed by atoms with Gasteiger partial charge in [-0.25, -0.2) is 0 Å². The van der Waals surface area contributed by atoms with Gasteiger partial charge in [0.1, 0.15) is 0 Å². The highest BCUT2D eigenvalue weighted by molar-refractivity contribution is 4.84. The van der Waals surface area contributed by atoms with Gasteiger partial charge in [-0.1, -0.05) is 13.3 Å². The van der Waals surface area contributed by atoms with Crippen molar-refractivity contribution in [2.24, 2.45) is 5.73 Å². The molecule has 1 fully saturated rings. The molecule has 0 aromatic heterocycles. The van der Waals surface area contributed by atoms with Gasteiger partial charge in [0.25, 0.3) is 0 Å². The Morgan fingerprint density at radius 3 is 2.70 bits per heavy atom. The summed E-state index contributed by atoms with van der Waals surface area (Å²) in [5.74, 6) is 0. The van der Waals surface area contributed by atoms with E-state index in [-0.39, 0.29) is 0 Å². The molecule has 0 unspecified atom stereocenters. The largest absolute Gasteiger partial charge is 0.377 e. The molecule has 2 atom stereocenters. The van der Waals surface area contributed by atoms with Gasteiger partial charge in [0.2, 0.25) is 0 Å². The van der Waals surface area contributed by atoms with Gasteiger partial charge in [0, 0.05) is 12.6 Å². The van der Waals surface area contributed by atoms with Crippen LogP contribution in [-0.4, -0.2) is 18.8 Å². The summed E-state index contributed by atoms with van der Waals surface area (Å²) >= 11 is 0. The highest BCUT2D eigenvalue weighted by atomic mass is 16.5. The standard InChI is InChI=1S/C8H17NO/c1-2-3-6-10-8-5-4-7(8)9/h7-8H,2-6,9H2,1H3/t7-,8+/m0/s1. The summed E-state index contributed by atoms with van der Waals surface area (Å²) in [4.78, 5) is 0. The molecule has 2 nitrogen and oxygen atoms in total. The van der Waals surface area contributed by atoms with Crippen LogP contribution in [0.15, 0.2) is 0 Å². The van der Waals surface area contributed by atoms with Crippen molar-refractivity contribution in [3.05, 3.63) is 0 Å². The molecule has 0 aliphatic heterocycles. The maximum Gasteiger partial charge on any atom is 0.0726 e. The zero-order valence-electron chi connectivity index (χ0n) is 6.68. The second-order valence-corrected chi connectivity index (χ2v) is 3.00. The summed E-state index contributed by atoms with van der Waals surface area (Å²) in [6.45, 7) is 3.07. The van der Waals surface area contributed by atoms with Gasteiger partial charge in [0.05, 0.1) is 6.10 Å². The Labute approximate surface area is 62.7 Å². The van der Waals surface area contributed by atoms with Crippen LogP contribution in [0.4, 0.5) is 0 Å². The fraction of sp³-hybridized carbons (Fsp3) is 1.00. The van der Waals surface area contributed by atoms with E-state index in [1.807, 2.05) is 0 Å². The minimum absolute atomic E-state index is 0.330. The lowest BCUT2D eigenvalue weighted by atomic mass is 9.90. The van der Waals surface area contributed by atoms with Crippen LogP contribution in [0.5, 0.6) is 0 Å². The van der Waals surface area contributed by atoms with E-state index in [1.54, 1.807) is 0 Å². The first-order valence-corrected chi connectivity index (χ1v) is 4.21. The quantitative estimate of drug-likeness (QED) is 0.602. The van der Waals surface area contributed by atoms with Crippen LogP contribution in [-0.2, 0) is 4.74 Å². The van der Waals surface area contributed by atoms with Crippen molar-refractivity contribution in [3.8, 4) is 0 Å². The highest BCUT2D eigenvalue weighted by Gasteiger charge is 2.27. The number of nitrogens with two attached hydrogens (primary N) is 1. The van der Waals surface area contributed by atoms with Gasteiger partial charge in [-0.2, -0.15) is 0 Å². The van der Waals surface area contributed by atoms with E-state index in [0.29, 0.717) is 12.1 Å². The molecule has 0 amide bonds. The first-order valence-electron chi connectivity index (χ1n) is 4.21. The summed E-state index contributed by atoms with van der Waals surface area (Å²) in [5.41, 5.74) is 5.68. The fourth-order valence-corrected chi connectivity index (χ4v) is 1.08. The zero-order valence-corrected chi connectivity index (χ0v) is 6.68. The summed E-state index contributed by atoms with van der Waals surface area (Å²) < 4.78 is 5.51. The van der Waals surface area contributed by atoms with Crippen LogP contribution < -0.4 is 5.73 Å². The third-order valence-electron chi connectivity index (χ3n) is 2.09. The van der Waals surface area contributed by atoms with Crippen molar-refractivity contribution in [1.29, 1.82) is 0 Å². The van der Waals surface area contributed by atoms with E-state index in [1.165, 1.54) is 19.3 Å². The maximum absolute atomic E-state index is 5.68. The SMILES string of the molecule is CCCCO[C@@H]1CC[C@@H]1N. The van der Waals surface area contributed by atoms with Gasteiger partial charge in [0.15, 0.2) is 0 Å². The molecule has 0 bridgehead atoms. The topological polar surface area (TPSA) is 35.2 Å². The molecule has 0 aromatic rings. The molecular formula is C8H17NO. The van der Waals surface area contributed by atoms with Crippen LogP contribution in [0.3, 0.4) is 0 Å². The second-order valence-electron chi connectivity index (χ2n) is 3.00. The molecule has 1 aliphatic carbocycles. The Morgan fingerprint density at radius 1 is 1.50 bits per heavy atom.